The summed E-state index contributed by atoms with van der Waals surface area (Å²) in [4.78, 5) is 20.0. The van der Waals surface area contributed by atoms with E-state index in [1.165, 1.54) is 26.0 Å². The summed E-state index contributed by atoms with van der Waals surface area (Å²) in [6.45, 7) is 2.38. The normalized spacial score (nSPS) is 13.4. The number of aliphatic hydroxyl groups excluding tert-OH is 1. The Balaban J connectivity index is 1.91. The summed E-state index contributed by atoms with van der Waals surface area (Å²) in [6.07, 6.45) is 0. The first-order chi connectivity index (χ1) is 17.8. The molecule has 0 bridgehead atoms. The number of allylic oxidation sites excluding steroid dienone is 1. The standard InChI is InChI=1S/C26H22F2N4O5S/c1-26(2,35)25(29)32-38(36,37)20-13-15(10-11-17(20)28)23(34)21(22(33)14-6-5-7-16(27)12-14)24-30-18-8-3-4-9-19(18)31-24/h3-13,33,35H,1-2H3,(H2,29,32)(H,30,31)/b22-21-. The minimum absolute atomic E-state index is 0.0497. The van der Waals surface area contributed by atoms with Crippen molar-refractivity contribution in [3.63, 3.8) is 0 Å². The molecule has 0 aliphatic carbocycles. The van der Waals surface area contributed by atoms with Crippen molar-refractivity contribution >= 4 is 44.0 Å². The number of ketones is 1. The van der Waals surface area contributed by atoms with Gasteiger partial charge in [-0.1, -0.05) is 24.3 Å². The van der Waals surface area contributed by atoms with Gasteiger partial charge >= 0.3 is 0 Å². The molecule has 0 saturated heterocycles. The van der Waals surface area contributed by atoms with Gasteiger partial charge in [0.2, 0.25) is 5.78 Å². The topological polar surface area (TPSA) is 159 Å². The first-order valence-electron chi connectivity index (χ1n) is 11.1. The van der Waals surface area contributed by atoms with Crippen LogP contribution in [0.4, 0.5) is 8.78 Å². The van der Waals surface area contributed by atoms with Crippen LogP contribution in [0, 0.1) is 11.6 Å². The number of benzene rings is 3. The molecule has 0 aliphatic heterocycles. The molecule has 0 spiro atoms. The number of imidazole rings is 1. The first-order valence-corrected chi connectivity index (χ1v) is 12.5. The number of fused-ring (bicyclic) bond motifs is 1. The van der Waals surface area contributed by atoms with Crippen molar-refractivity contribution < 1.29 is 32.2 Å². The number of sulfonamides is 1. The number of aromatic amines is 1. The van der Waals surface area contributed by atoms with E-state index in [2.05, 4.69) is 14.4 Å². The first kappa shape index (κ1) is 26.6. The number of amidine groups is 1. The van der Waals surface area contributed by atoms with E-state index < -0.39 is 55.1 Å². The highest BCUT2D eigenvalue weighted by atomic mass is 32.2. The maximum absolute atomic E-state index is 14.6. The monoisotopic (exact) mass is 540 g/mol. The number of nitrogens with two attached hydrogens (primary N) is 1. The lowest BCUT2D eigenvalue weighted by molar-refractivity contribution is 0.105. The number of nitrogens with one attached hydrogen (secondary N) is 1. The van der Waals surface area contributed by atoms with E-state index in [1.807, 2.05) is 0 Å². The van der Waals surface area contributed by atoms with Crippen molar-refractivity contribution in [2.75, 3.05) is 0 Å². The average molecular weight is 541 g/mol. The summed E-state index contributed by atoms with van der Waals surface area (Å²) in [5, 5.41) is 21.0. The lowest BCUT2D eigenvalue weighted by Crippen LogP contribution is -2.38. The Morgan fingerprint density at radius 3 is 2.39 bits per heavy atom. The van der Waals surface area contributed by atoms with Gasteiger partial charge in [0.1, 0.15) is 45.1 Å². The van der Waals surface area contributed by atoms with Crippen LogP contribution in [0.25, 0.3) is 22.4 Å². The summed E-state index contributed by atoms with van der Waals surface area (Å²) in [6, 6.07) is 14.1. The van der Waals surface area contributed by atoms with Gasteiger partial charge in [0.15, 0.2) is 0 Å². The highest BCUT2D eigenvalue weighted by Crippen LogP contribution is 2.30. The number of rotatable bonds is 7. The van der Waals surface area contributed by atoms with Gasteiger partial charge in [-0.25, -0.2) is 13.8 Å². The Kier molecular flexibility index (Phi) is 6.87. The number of hydrogen-bond acceptors (Lipinski definition) is 6. The molecule has 1 heterocycles. The molecule has 4 aromatic rings. The molecule has 0 fully saturated rings. The zero-order valence-corrected chi connectivity index (χ0v) is 20.9. The number of nitrogens with zero attached hydrogens (tertiary/aromatic N) is 2. The lowest BCUT2D eigenvalue weighted by Gasteiger charge is -2.16. The summed E-state index contributed by atoms with van der Waals surface area (Å²) < 4.78 is 57.4. The number of carbonyl (C=O) groups excluding carboxylic acids is 1. The molecule has 4 rings (SSSR count). The smallest absolute Gasteiger partial charge is 0.286 e. The van der Waals surface area contributed by atoms with Gasteiger partial charge in [0, 0.05) is 11.1 Å². The molecule has 9 nitrogen and oxygen atoms in total. The maximum Gasteiger partial charge on any atom is 0.286 e. The van der Waals surface area contributed by atoms with Crippen LogP contribution in [0.3, 0.4) is 0 Å². The van der Waals surface area contributed by atoms with E-state index in [1.54, 1.807) is 24.3 Å². The van der Waals surface area contributed by atoms with Crippen LogP contribution in [0.1, 0.15) is 35.6 Å². The number of aromatic nitrogens is 2. The Morgan fingerprint density at radius 1 is 1.03 bits per heavy atom. The molecule has 0 radical (unpaired) electrons. The summed E-state index contributed by atoms with van der Waals surface area (Å²) in [5.41, 5.74) is 3.90. The second-order valence-electron chi connectivity index (χ2n) is 8.82. The van der Waals surface area contributed by atoms with Crippen LogP contribution in [0.15, 0.2) is 76.0 Å². The number of hydrogen-bond donors (Lipinski definition) is 4. The van der Waals surface area contributed by atoms with Crippen LogP contribution >= 0.6 is 0 Å². The molecular weight excluding hydrogens is 518 g/mol. The molecule has 5 N–H and O–H groups in total. The lowest BCUT2D eigenvalue weighted by atomic mass is 9.98. The molecular formula is C26H22F2N4O5S. The molecule has 0 saturated carbocycles. The second kappa shape index (κ2) is 9.80. The quantitative estimate of drug-likeness (QED) is 0.0908. The molecule has 0 atom stereocenters. The van der Waals surface area contributed by atoms with Gasteiger partial charge in [-0.05, 0) is 56.3 Å². The van der Waals surface area contributed by atoms with E-state index in [0.717, 1.165) is 30.3 Å². The largest absolute Gasteiger partial charge is 0.506 e. The van der Waals surface area contributed by atoms with Crippen molar-refractivity contribution in [1.82, 2.24) is 9.97 Å². The number of halogens is 2. The predicted molar refractivity (Wildman–Crippen MR) is 138 cm³/mol. The molecule has 0 aliphatic rings. The maximum atomic E-state index is 14.6. The van der Waals surface area contributed by atoms with Crippen LogP contribution in [0.5, 0.6) is 0 Å². The van der Waals surface area contributed by atoms with Crippen LogP contribution < -0.4 is 5.73 Å². The van der Waals surface area contributed by atoms with Crippen LogP contribution in [-0.2, 0) is 10.0 Å². The number of H-pyrrole nitrogens is 1. The van der Waals surface area contributed by atoms with Crippen LogP contribution in [0.2, 0.25) is 0 Å². The molecule has 12 heteroatoms. The van der Waals surface area contributed by atoms with Crippen molar-refractivity contribution in [1.29, 1.82) is 0 Å². The fourth-order valence-corrected chi connectivity index (χ4v) is 4.63. The zero-order valence-electron chi connectivity index (χ0n) is 20.1. The van der Waals surface area contributed by atoms with Gasteiger partial charge in [-0.3, -0.25) is 4.79 Å². The summed E-state index contributed by atoms with van der Waals surface area (Å²) in [7, 11) is -4.79. The SMILES string of the molecule is CC(C)(O)/C(N)=N/S(=O)(=O)c1cc(C(=O)/C(=C(/O)c2cccc(F)c2)c2nc3ccccc3[nH]2)ccc1F. The van der Waals surface area contributed by atoms with Gasteiger partial charge in [0.05, 0.1) is 11.0 Å². The molecule has 38 heavy (non-hydrogen) atoms. The zero-order chi connectivity index (χ0) is 27.8. The fourth-order valence-electron chi connectivity index (χ4n) is 3.46. The predicted octanol–water partition coefficient (Wildman–Crippen LogP) is 3.97. The van der Waals surface area contributed by atoms with Crippen molar-refractivity contribution in [2.45, 2.75) is 24.3 Å². The van der Waals surface area contributed by atoms with Crippen LogP contribution in [-0.4, -0.2) is 45.8 Å². The van der Waals surface area contributed by atoms with Crippen molar-refractivity contribution in [3.05, 3.63) is 95.3 Å². The average Bonchev–Trinajstić information content (AvgIpc) is 3.27. The number of carbonyl (C=O) groups is 1. The Morgan fingerprint density at radius 2 is 1.74 bits per heavy atom. The fraction of sp³-hybridized carbons (Fsp3) is 0.115. The Hall–Kier alpha value is -4.42. The Labute approximate surface area is 216 Å². The summed E-state index contributed by atoms with van der Waals surface area (Å²) in [5.74, 6) is -4.27. The third-order valence-electron chi connectivity index (χ3n) is 5.50. The minimum atomic E-state index is -4.79. The number of para-hydroxylation sites is 2. The van der Waals surface area contributed by atoms with Gasteiger partial charge in [-0.15, -0.1) is 4.40 Å². The van der Waals surface area contributed by atoms with Crippen molar-refractivity contribution in [3.8, 4) is 0 Å². The molecule has 1 aromatic heterocycles. The Bertz CT molecular complexity index is 1700. The minimum Gasteiger partial charge on any atom is -0.506 e. The number of Topliss-reactive ketones (excluding diaryl/α,β-unsaturated/α-hetero) is 1. The van der Waals surface area contributed by atoms with E-state index in [-0.39, 0.29) is 17.0 Å². The van der Waals surface area contributed by atoms with Crippen molar-refractivity contribution in [2.24, 2.45) is 10.1 Å². The van der Waals surface area contributed by atoms with E-state index in [4.69, 9.17) is 5.73 Å². The molecule has 0 amide bonds. The van der Waals surface area contributed by atoms with E-state index >= 15 is 0 Å². The van der Waals surface area contributed by atoms with Gasteiger partial charge in [0.25, 0.3) is 10.0 Å². The third-order valence-corrected chi connectivity index (χ3v) is 6.81. The molecule has 3 aromatic carbocycles. The van der Waals surface area contributed by atoms with E-state index in [9.17, 15) is 32.2 Å². The van der Waals surface area contributed by atoms with E-state index in [0.29, 0.717) is 11.0 Å². The third kappa shape index (κ3) is 5.31. The molecule has 196 valence electrons. The second-order valence-corrected chi connectivity index (χ2v) is 10.4. The van der Waals surface area contributed by atoms with Gasteiger partial charge < -0.3 is 20.9 Å². The highest BCUT2D eigenvalue weighted by Gasteiger charge is 2.28. The summed E-state index contributed by atoms with van der Waals surface area (Å²) >= 11 is 0. The van der Waals surface area contributed by atoms with Gasteiger partial charge in [-0.2, -0.15) is 8.42 Å². The highest BCUT2D eigenvalue weighted by molar-refractivity contribution is 7.90. The molecule has 0 unspecified atom stereocenters. The number of aliphatic hydroxyl groups is 2.